The number of nitrogens with one attached hydrogen (secondary N) is 1. The molecule has 3 N–H and O–H groups in total. The van der Waals surface area contributed by atoms with Gasteiger partial charge in [0.25, 0.3) is 0 Å². The van der Waals surface area contributed by atoms with Crippen molar-refractivity contribution < 1.29 is 4.79 Å². The Bertz CT molecular complexity index is 312. The van der Waals surface area contributed by atoms with Crippen LogP contribution in [0.2, 0.25) is 0 Å². The molecule has 0 aromatic heterocycles. The summed E-state index contributed by atoms with van der Waals surface area (Å²) in [5, 5.41) is 3.19. The second-order valence-corrected chi connectivity index (χ2v) is 6.87. The molecule has 3 unspecified atom stereocenters. The molecule has 0 aliphatic heterocycles. The van der Waals surface area contributed by atoms with Gasteiger partial charge in [-0.15, -0.1) is 24.8 Å². The number of nitrogens with zero attached hydrogens (tertiary/aromatic N) is 1. The molecule has 140 valence electrons. The van der Waals surface area contributed by atoms with Crippen molar-refractivity contribution in [2.45, 2.75) is 71.9 Å². The second-order valence-electron chi connectivity index (χ2n) is 6.87. The van der Waals surface area contributed by atoms with Gasteiger partial charge in [-0.1, -0.05) is 34.1 Å². The van der Waals surface area contributed by atoms with E-state index in [4.69, 9.17) is 5.73 Å². The lowest BCUT2D eigenvalue weighted by molar-refractivity contribution is -0.126. The van der Waals surface area contributed by atoms with E-state index >= 15 is 0 Å². The fraction of sp³-hybridized carbons (Fsp3) is 0.941. The summed E-state index contributed by atoms with van der Waals surface area (Å²) in [5.41, 5.74) is 5.99. The molecular weight excluding hydrogens is 333 g/mol. The van der Waals surface area contributed by atoms with E-state index in [0.29, 0.717) is 12.0 Å². The third-order valence-corrected chi connectivity index (χ3v) is 4.67. The van der Waals surface area contributed by atoms with Crippen LogP contribution >= 0.6 is 24.8 Å². The van der Waals surface area contributed by atoms with Crippen molar-refractivity contribution in [1.29, 1.82) is 0 Å². The quantitative estimate of drug-likeness (QED) is 0.690. The standard InChI is InChI=1S/C17H35N3O.2ClH/c1-5-20(6-2)16(10-13(3)4)12-19-17(21)14-8-7-9-15(18)11-14;;/h13-16H,5-12,18H2,1-4H3,(H,19,21);2*1H. The summed E-state index contributed by atoms with van der Waals surface area (Å²) < 4.78 is 0. The lowest BCUT2D eigenvalue weighted by Crippen LogP contribution is -2.46. The van der Waals surface area contributed by atoms with Gasteiger partial charge in [-0.2, -0.15) is 0 Å². The Balaban J connectivity index is 0. The molecule has 1 fully saturated rings. The zero-order chi connectivity index (χ0) is 15.8. The molecule has 4 nitrogen and oxygen atoms in total. The molecule has 0 spiro atoms. The average molecular weight is 370 g/mol. The van der Waals surface area contributed by atoms with E-state index in [1.54, 1.807) is 0 Å². The second kappa shape index (κ2) is 13.3. The van der Waals surface area contributed by atoms with Crippen LogP contribution in [0.3, 0.4) is 0 Å². The van der Waals surface area contributed by atoms with Gasteiger partial charge in [0, 0.05) is 24.5 Å². The summed E-state index contributed by atoms with van der Waals surface area (Å²) in [4.78, 5) is 14.8. The molecule has 0 aromatic rings. The minimum atomic E-state index is 0. The molecular formula is C17H37Cl2N3O. The summed E-state index contributed by atoms with van der Waals surface area (Å²) in [6.07, 6.45) is 5.14. The number of carbonyl (C=O) groups excluding carboxylic acids is 1. The maximum Gasteiger partial charge on any atom is 0.223 e. The zero-order valence-corrected chi connectivity index (χ0v) is 16.8. The van der Waals surface area contributed by atoms with Gasteiger partial charge in [0.15, 0.2) is 0 Å². The van der Waals surface area contributed by atoms with Crippen LogP contribution in [-0.2, 0) is 4.79 Å². The topological polar surface area (TPSA) is 58.4 Å². The normalized spacial score (nSPS) is 22.2. The summed E-state index contributed by atoms with van der Waals surface area (Å²) in [7, 11) is 0. The van der Waals surface area contributed by atoms with E-state index in [9.17, 15) is 4.79 Å². The molecule has 1 saturated carbocycles. The largest absolute Gasteiger partial charge is 0.354 e. The highest BCUT2D eigenvalue weighted by molar-refractivity contribution is 5.85. The molecule has 6 heteroatoms. The fourth-order valence-corrected chi connectivity index (χ4v) is 3.47. The van der Waals surface area contributed by atoms with Crippen LogP contribution in [-0.4, -0.2) is 42.5 Å². The summed E-state index contributed by atoms with van der Waals surface area (Å²) in [5.74, 6) is 0.992. The third kappa shape index (κ3) is 9.13. The first-order chi connectivity index (χ1) is 9.97. The molecule has 0 saturated heterocycles. The SMILES string of the molecule is CCN(CC)C(CNC(=O)C1CCCC(N)C1)CC(C)C.Cl.Cl. The monoisotopic (exact) mass is 369 g/mol. The molecule has 1 aliphatic rings. The molecule has 0 heterocycles. The van der Waals surface area contributed by atoms with Crippen LogP contribution < -0.4 is 11.1 Å². The molecule has 0 radical (unpaired) electrons. The molecule has 0 aromatic carbocycles. The van der Waals surface area contributed by atoms with Gasteiger partial charge in [0.05, 0.1) is 0 Å². The van der Waals surface area contributed by atoms with E-state index in [2.05, 4.69) is 37.9 Å². The fourth-order valence-electron chi connectivity index (χ4n) is 3.47. The Kier molecular flexibility index (Phi) is 14.6. The number of rotatable bonds is 8. The lowest BCUT2D eigenvalue weighted by Gasteiger charge is -2.32. The zero-order valence-electron chi connectivity index (χ0n) is 15.2. The van der Waals surface area contributed by atoms with E-state index < -0.39 is 0 Å². The summed E-state index contributed by atoms with van der Waals surface area (Å²) in [6.45, 7) is 11.7. The molecule has 3 atom stereocenters. The van der Waals surface area contributed by atoms with Gasteiger partial charge in [-0.25, -0.2) is 0 Å². The maximum absolute atomic E-state index is 12.3. The molecule has 23 heavy (non-hydrogen) atoms. The van der Waals surface area contributed by atoms with Crippen LogP contribution in [0.25, 0.3) is 0 Å². The Morgan fingerprint density at radius 2 is 1.83 bits per heavy atom. The highest BCUT2D eigenvalue weighted by atomic mass is 35.5. The van der Waals surface area contributed by atoms with E-state index in [1.807, 2.05) is 0 Å². The first-order valence-electron chi connectivity index (χ1n) is 8.75. The molecule has 1 rings (SSSR count). The van der Waals surface area contributed by atoms with Gasteiger partial charge >= 0.3 is 0 Å². The maximum atomic E-state index is 12.3. The smallest absolute Gasteiger partial charge is 0.223 e. The van der Waals surface area contributed by atoms with E-state index in [1.165, 1.54) is 0 Å². The Labute approximate surface area is 155 Å². The number of carbonyl (C=O) groups is 1. The van der Waals surface area contributed by atoms with E-state index in [0.717, 1.165) is 51.7 Å². The Hall–Kier alpha value is -0.0300. The van der Waals surface area contributed by atoms with Gasteiger partial charge < -0.3 is 11.1 Å². The average Bonchev–Trinajstić information content (AvgIpc) is 2.45. The number of hydrogen-bond acceptors (Lipinski definition) is 3. The predicted molar refractivity (Wildman–Crippen MR) is 104 cm³/mol. The van der Waals surface area contributed by atoms with E-state index in [-0.39, 0.29) is 42.7 Å². The van der Waals surface area contributed by atoms with Crippen molar-refractivity contribution in [2.75, 3.05) is 19.6 Å². The first-order valence-corrected chi connectivity index (χ1v) is 8.75. The number of nitrogens with two attached hydrogens (primary N) is 1. The third-order valence-electron chi connectivity index (χ3n) is 4.67. The Morgan fingerprint density at radius 1 is 1.22 bits per heavy atom. The minimum absolute atomic E-state index is 0. The highest BCUT2D eigenvalue weighted by Crippen LogP contribution is 2.23. The van der Waals surface area contributed by atoms with Gasteiger partial charge in [0.1, 0.15) is 0 Å². The van der Waals surface area contributed by atoms with Gasteiger partial charge in [0.2, 0.25) is 5.91 Å². The van der Waals surface area contributed by atoms with Gasteiger partial charge in [-0.3, -0.25) is 9.69 Å². The van der Waals surface area contributed by atoms with Crippen LogP contribution in [0.1, 0.15) is 59.8 Å². The molecule has 0 bridgehead atoms. The number of likely N-dealkylation sites (N-methyl/N-ethyl adjacent to an activating group) is 1. The highest BCUT2D eigenvalue weighted by Gasteiger charge is 2.26. The van der Waals surface area contributed by atoms with Crippen LogP contribution in [0.15, 0.2) is 0 Å². The minimum Gasteiger partial charge on any atom is -0.354 e. The first kappa shape index (κ1) is 25.2. The number of halogens is 2. The predicted octanol–water partition coefficient (Wildman–Crippen LogP) is 3.22. The summed E-state index contributed by atoms with van der Waals surface area (Å²) in [6, 6.07) is 0.657. The molecule has 1 amide bonds. The Morgan fingerprint density at radius 3 is 2.30 bits per heavy atom. The van der Waals surface area contributed by atoms with Crippen molar-refractivity contribution in [1.82, 2.24) is 10.2 Å². The number of amides is 1. The van der Waals surface area contributed by atoms with Crippen LogP contribution in [0.5, 0.6) is 0 Å². The van der Waals surface area contributed by atoms with Crippen LogP contribution in [0, 0.1) is 11.8 Å². The van der Waals surface area contributed by atoms with Crippen LogP contribution in [0.4, 0.5) is 0 Å². The van der Waals surface area contributed by atoms with Crippen molar-refractivity contribution in [2.24, 2.45) is 17.6 Å². The lowest BCUT2D eigenvalue weighted by atomic mass is 9.85. The molecule has 1 aliphatic carbocycles. The van der Waals surface area contributed by atoms with Crippen molar-refractivity contribution in [3.05, 3.63) is 0 Å². The summed E-state index contributed by atoms with van der Waals surface area (Å²) >= 11 is 0. The van der Waals surface area contributed by atoms with Crippen molar-refractivity contribution in [3.8, 4) is 0 Å². The number of hydrogen-bond donors (Lipinski definition) is 2. The van der Waals surface area contributed by atoms with Gasteiger partial charge in [-0.05, 0) is 44.7 Å². The van der Waals surface area contributed by atoms with Crippen molar-refractivity contribution in [3.63, 3.8) is 0 Å². The van der Waals surface area contributed by atoms with Crippen molar-refractivity contribution >= 4 is 30.7 Å².